The van der Waals surface area contributed by atoms with Crippen LogP contribution in [0, 0.1) is 0 Å². The van der Waals surface area contributed by atoms with Gasteiger partial charge in [-0.3, -0.25) is 9.78 Å². The van der Waals surface area contributed by atoms with Gasteiger partial charge in [0.05, 0.1) is 0 Å². The summed E-state index contributed by atoms with van der Waals surface area (Å²) >= 11 is 0. The van der Waals surface area contributed by atoms with Crippen LogP contribution in [0.3, 0.4) is 0 Å². The Balaban J connectivity index is 2.33. The van der Waals surface area contributed by atoms with E-state index in [9.17, 15) is 4.79 Å². The zero-order valence-electron chi connectivity index (χ0n) is 8.05. The maximum Gasteiger partial charge on any atom is 0.211 e. The number of hydrogen-bond acceptors (Lipinski definition) is 3. The van der Waals surface area contributed by atoms with E-state index in [1.165, 1.54) is 0 Å². The quantitative estimate of drug-likeness (QED) is 0.592. The number of aromatic nitrogens is 1. The number of benzene rings is 1. The molecule has 0 saturated heterocycles. The van der Waals surface area contributed by atoms with E-state index in [0.717, 1.165) is 0 Å². The smallest absolute Gasteiger partial charge is 0.211 e. The molecule has 1 aromatic carbocycles. The largest absolute Gasteiger partial charge is 0.399 e. The number of carbonyl (C=O) groups is 1. The lowest BCUT2D eigenvalue weighted by molar-refractivity contribution is 0.103. The van der Waals surface area contributed by atoms with Gasteiger partial charge in [-0.05, 0) is 36.4 Å². The Hall–Kier alpha value is -2.16. The van der Waals surface area contributed by atoms with Gasteiger partial charge in [0.25, 0.3) is 0 Å². The van der Waals surface area contributed by atoms with Crippen molar-refractivity contribution in [3.63, 3.8) is 0 Å². The molecule has 0 bridgehead atoms. The molecule has 3 heteroatoms. The molecule has 0 unspecified atom stereocenters. The zero-order chi connectivity index (χ0) is 10.7. The van der Waals surface area contributed by atoms with Gasteiger partial charge in [-0.2, -0.15) is 0 Å². The van der Waals surface area contributed by atoms with Crippen molar-refractivity contribution < 1.29 is 4.79 Å². The van der Waals surface area contributed by atoms with Crippen LogP contribution in [-0.4, -0.2) is 10.8 Å². The Morgan fingerprint density at radius 1 is 1.07 bits per heavy atom. The van der Waals surface area contributed by atoms with E-state index < -0.39 is 0 Å². The molecule has 2 aromatic rings. The van der Waals surface area contributed by atoms with Crippen LogP contribution < -0.4 is 5.73 Å². The summed E-state index contributed by atoms with van der Waals surface area (Å²) in [7, 11) is 0. The van der Waals surface area contributed by atoms with Crippen LogP contribution >= 0.6 is 0 Å². The van der Waals surface area contributed by atoms with Gasteiger partial charge in [0.15, 0.2) is 0 Å². The second-order valence-corrected chi connectivity index (χ2v) is 3.17. The maximum absolute atomic E-state index is 11.9. The van der Waals surface area contributed by atoms with Gasteiger partial charge >= 0.3 is 0 Å². The predicted octanol–water partition coefficient (Wildman–Crippen LogP) is 1.89. The molecule has 0 radical (unpaired) electrons. The normalized spacial score (nSPS) is 9.87. The van der Waals surface area contributed by atoms with E-state index in [2.05, 4.69) is 4.98 Å². The van der Waals surface area contributed by atoms with Crippen LogP contribution in [0.4, 0.5) is 5.69 Å². The molecule has 0 atom stereocenters. The number of nitrogen functional groups attached to an aromatic ring is 1. The molecule has 1 aromatic heterocycles. The number of anilines is 1. The molecule has 2 rings (SSSR count). The third-order valence-corrected chi connectivity index (χ3v) is 2.07. The second-order valence-electron chi connectivity index (χ2n) is 3.17. The summed E-state index contributed by atoms with van der Waals surface area (Å²) in [6.45, 7) is 0. The van der Waals surface area contributed by atoms with Crippen molar-refractivity contribution in [2.45, 2.75) is 0 Å². The first kappa shape index (κ1) is 9.40. The monoisotopic (exact) mass is 198 g/mol. The Bertz CT molecular complexity index is 463. The Morgan fingerprint density at radius 3 is 2.40 bits per heavy atom. The molecule has 0 aliphatic carbocycles. The van der Waals surface area contributed by atoms with Gasteiger partial charge in [-0.15, -0.1) is 0 Å². The van der Waals surface area contributed by atoms with Crippen molar-refractivity contribution in [1.82, 2.24) is 4.98 Å². The number of nitrogens with two attached hydrogens (primary N) is 1. The average molecular weight is 198 g/mol. The lowest BCUT2D eigenvalue weighted by Gasteiger charge is -2.00. The van der Waals surface area contributed by atoms with E-state index >= 15 is 0 Å². The highest BCUT2D eigenvalue weighted by Gasteiger charge is 2.08. The van der Waals surface area contributed by atoms with E-state index in [0.29, 0.717) is 16.9 Å². The van der Waals surface area contributed by atoms with Gasteiger partial charge in [-0.25, -0.2) is 0 Å². The molecule has 0 aliphatic heterocycles. The third kappa shape index (κ3) is 2.02. The number of ketones is 1. The molecule has 3 nitrogen and oxygen atoms in total. The highest BCUT2D eigenvalue weighted by molar-refractivity contribution is 6.07. The van der Waals surface area contributed by atoms with Crippen molar-refractivity contribution in [1.29, 1.82) is 0 Å². The molecule has 74 valence electrons. The fourth-order valence-electron chi connectivity index (χ4n) is 1.28. The van der Waals surface area contributed by atoms with Crippen LogP contribution in [0.25, 0.3) is 0 Å². The summed E-state index contributed by atoms with van der Waals surface area (Å²) < 4.78 is 0. The summed E-state index contributed by atoms with van der Waals surface area (Å²) in [4.78, 5) is 15.9. The van der Waals surface area contributed by atoms with Gasteiger partial charge in [0.1, 0.15) is 5.69 Å². The third-order valence-electron chi connectivity index (χ3n) is 2.07. The minimum Gasteiger partial charge on any atom is -0.399 e. The minimum absolute atomic E-state index is 0.0874. The topological polar surface area (TPSA) is 56.0 Å². The molecule has 1 heterocycles. The van der Waals surface area contributed by atoms with E-state index in [-0.39, 0.29) is 5.78 Å². The number of hydrogen-bond donors (Lipinski definition) is 1. The molecular formula is C12H10N2O. The summed E-state index contributed by atoms with van der Waals surface area (Å²) in [6.07, 6.45) is 1.60. The second kappa shape index (κ2) is 3.92. The van der Waals surface area contributed by atoms with Crippen LogP contribution in [0.15, 0.2) is 48.7 Å². The SMILES string of the molecule is Nc1ccc(C(=O)c2ccccn2)cc1. The molecule has 0 spiro atoms. The van der Waals surface area contributed by atoms with Crippen LogP contribution in [-0.2, 0) is 0 Å². The highest BCUT2D eigenvalue weighted by Crippen LogP contribution is 2.09. The Morgan fingerprint density at radius 2 is 1.80 bits per heavy atom. The fourth-order valence-corrected chi connectivity index (χ4v) is 1.28. The van der Waals surface area contributed by atoms with Crippen LogP contribution in [0.1, 0.15) is 16.1 Å². The van der Waals surface area contributed by atoms with Crippen LogP contribution in [0.5, 0.6) is 0 Å². The zero-order valence-corrected chi connectivity index (χ0v) is 8.05. The molecule has 0 saturated carbocycles. The molecule has 15 heavy (non-hydrogen) atoms. The average Bonchev–Trinajstić information content (AvgIpc) is 2.30. The van der Waals surface area contributed by atoms with Gasteiger partial charge in [-0.1, -0.05) is 6.07 Å². The number of rotatable bonds is 2. The number of carbonyl (C=O) groups excluding carboxylic acids is 1. The molecule has 0 amide bonds. The first-order valence-electron chi connectivity index (χ1n) is 4.58. The predicted molar refractivity (Wildman–Crippen MR) is 58.5 cm³/mol. The minimum atomic E-state index is -0.0874. The first-order chi connectivity index (χ1) is 7.27. The number of pyridine rings is 1. The highest BCUT2D eigenvalue weighted by atomic mass is 16.1. The Labute approximate surface area is 87.6 Å². The van der Waals surface area contributed by atoms with Crippen molar-refractivity contribution in [3.05, 3.63) is 59.9 Å². The van der Waals surface area contributed by atoms with Crippen molar-refractivity contribution in [3.8, 4) is 0 Å². The van der Waals surface area contributed by atoms with Crippen LogP contribution in [0.2, 0.25) is 0 Å². The van der Waals surface area contributed by atoms with Gasteiger partial charge in [0, 0.05) is 17.4 Å². The summed E-state index contributed by atoms with van der Waals surface area (Å²) in [5.41, 5.74) is 7.23. The molecule has 0 fully saturated rings. The fraction of sp³-hybridized carbons (Fsp3) is 0. The standard InChI is InChI=1S/C12H10N2O/c13-10-6-4-9(5-7-10)12(15)11-3-1-2-8-14-11/h1-8H,13H2. The maximum atomic E-state index is 11.9. The van der Waals surface area contributed by atoms with Crippen molar-refractivity contribution >= 4 is 11.5 Å². The molecule has 2 N–H and O–H groups in total. The molecular weight excluding hydrogens is 188 g/mol. The lowest BCUT2D eigenvalue weighted by Crippen LogP contribution is -2.03. The van der Waals surface area contributed by atoms with E-state index in [1.54, 1.807) is 48.7 Å². The number of nitrogens with zero attached hydrogens (tertiary/aromatic N) is 1. The van der Waals surface area contributed by atoms with E-state index in [4.69, 9.17) is 5.73 Å². The van der Waals surface area contributed by atoms with Gasteiger partial charge in [0.2, 0.25) is 5.78 Å². The van der Waals surface area contributed by atoms with Crippen molar-refractivity contribution in [2.75, 3.05) is 5.73 Å². The van der Waals surface area contributed by atoms with Gasteiger partial charge < -0.3 is 5.73 Å². The summed E-state index contributed by atoms with van der Waals surface area (Å²) in [6, 6.07) is 12.1. The molecule has 0 aliphatic rings. The van der Waals surface area contributed by atoms with Crippen molar-refractivity contribution in [2.24, 2.45) is 0 Å². The first-order valence-corrected chi connectivity index (χ1v) is 4.58. The Kier molecular flexibility index (Phi) is 2.46. The van der Waals surface area contributed by atoms with E-state index in [1.807, 2.05) is 0 Å². The summed E-state index contributed by atoms with van der Waals surface area (Å²) in [5, 5.41) is 0. The summed E-state index contributed by atoms with van der Waals surface area (Å²) in [5.74, 6) is -0.0874. The lowest BCUT2D eigenvalue weighted by atomic mass is 10.1.